The second-order valence-electron chi connectivity index (χ2n) is 4.99. The van der Waals surface area contributed by atoms with E-state index in [1.54, 1.807) is 6.07 Å². The second-order valence-corrected chi connectivity index (χ2v) is 4.99. The lowest BCUT2D eigenvalue weighted by atomic mass is 10.2. The Hall–Kier alpha value is -1.68. The van der Waals surface area contributed by atoms with Crippen molar-refractivity contribution in [3.63, 3.8) is 0 Å². The maximum atomic E-state index is 12.0. The number of rotatable bonds is 6. The molecule has 0 saturated carbocycles. The van der Waals surface area contributed by atoms with Crippen LogP contribution in [-0.4, -0.2) is 16.5 Å². The van der Waals surface area contributed by atoms with Crippen molar-refractivity contribution in [2.75, 3.05) is 6.54 Å². The number of aromatic amines is 1. The number of nitrogens with two attached hydrogens (primary N) is 1. The molecular formula is C15H22N3O+. The molecule has 1 aromatic heterocycles. The Morgan fingerprint density at radius 2 is 2.11 bits per heavy atom. The minimum Gasteiger partial charge on any atom is -0.338 e. The summed E-state index contributed by atoms with van der Waals surface area (Å²) in [7, 11) is 0. The van der Waals surface area contributed by atoms with E-state index in [2.05, 4.69) is 29.1 Å². The fraction of sp³-hybridized carbons (Fsp3) is 0.467. The molecule has 2 rings (SSSR count). The molecule has 0 spiro atoms. The van der Waals surface area contributed by atoms with E-state index in [1.165, 1.54) is 19.3 Å². The summed E-state index contributed by atoms with van der Waals surface area (Å²) in [6, 6.07) is 7.65. The van der Waals surface area contributed by atoms with Crippen molar-refractivity contribution in [1.29, 1.82) is 0 Å². The first-order valence-electron chi connectivity index (χ1n) is 7.04. The van der Waals surface area contributed by atoms with Crippen LogP contribution >= 0.6 is 0 Å². The van der Waals surface area contributed by atoms with Crippen LogP contribution in [0.5, 0.6) is 0 Å². The number of H-pyrrole nitrogens is 1. The first-order chi connectivity index (χ1) is 9.22. The van der Waals surface area contributed by atoms with Crippen molar-refractivity contribution in [2.24, 2.45) is 0 Å². The topological polar surface area (TPSA) is 62.4 Å². The predicted octanol–water partition coefficient (Wildman–Crippen LogP) is 1.74. The molecule has 4 heteroatoms. The molecule has 102 valence electrons. The van der Waals surface area contributed by atoms with Crippen LogP contribution in [0.2, 0.25) is 0 Å². The molecule has 0 radical (unpaired) electrons. The van der Waals surface area contributed by atoms with Crippen molar-refractivity contribution in [3.05, 3.63) is 40.4 Å². The van der Waals surface area contributed by atoms with Crippen LogP contribution in [0, 0.1) is 0 Å². The fourth-order valence-electron chi connectivity index (χ4n) is 2.19. The third-order valence-electron chi connectivity index (χ3n) is 3.39. The van der Waals surface area contributed by atoms with Gasteiger partial charge in [-0.1, -0.05) is 25.5 Å². The number of benzene rings is 1. The summed E-state index contributed by atoms with van der Waals surface area (Å²) in [4.78, 5) is 19.4. The molecular weight excluding hydrogens is 238 g/mol. The van der Waals surface area contributed by atoms with E-state index < -0.39 is 0 Å². The monoisotopic (exact) mass is 260 g/mol. The van der Waals surface area contributed by atoms with Crippen molar-refractivity contribution in [2.45, 2.75) is 39.2 Å². The van der Waals surface area contributed by atoms with E-state index in [-0.39, 0.29) is 11.6 Å². The first-order valence-corrected chi connectivity index (χ1v) is 7.04. The predicted molar refractivity (Wildman–Crippen MR) is 77.1 cm³/mol. The zero-order valence-electron chi connectivity index (χ0n) is 11.6. The smallest absolute Gasteiger partial charge is 0.258 e. The van der Waals surface area contributed by atoms with E-state index in [9.17, 15) is 4.79 Å². The van der Waals surface area contributed by atoms with Crippen LogP contribution in [0.25, 0.3) is 10.9 Å². The molecule has 19 heavy (non-hydrogen) atoms. The lowest BCUT2D eigenvalue weighted by Gasteiger charge is -2.10. The maximum Gasteiger partial charge on any atom is 0.258 e. The summed E-state index contributed by atoms with van der Waals surface area (Å²) in [6.07, 6.45) is 3.69. The minimum atomic E-state index is -0.0468. The molecule has 3 N–H and O–H groups in total. The standard InChI is InChI=1S/C15H21N3O/c1-3-4-7-10-16-11(2)14-17-13-9-6-5-8-12(13)15(19)18-14/h5-6,8-9,11,16H,3-4,7,10H2,1-2H3,(H,17,18,19)/p+1/t11-/m0/s1. The van der Waals surface area contributed by atoms with Gasteiger partial charge in [-0.15, -0.1) is 0 Å². The van der Waals surface area contributed by atoms with Gasteiger partial charge in [0.25, 0.3) is 5.56 Å². The Morgan fingerprint density at radius 1 is 1.32 bits per heavy atom. The molecule has 0 amide bonds. The molecule has 1 heterocycles. The number of quaternary nitrogens is 1. The van der Waals surface area contributed by atoms with Crippen molar-refractivity contribution >= 4 is 10.9 Å². The van der Waals surface area contributed by atoms with Crippen molar-refractivity contribution < 1.29 is 5.32 Å². The number of hydrogen-bond acceptors (Lipinski definition) is 2. The molecule has 0 unspecified atom stereocenters. The van der Waals surface area contributed by atoms with Gasteiger partial charge in [0.15, 0.2) is 5.82 Å². The average molecular weight is 260 g/mol. The van der Waals surface area contributed by atoms with Gasteiger partial charge in [0.05, 0.1) is 17.4 Å². The van der Waals surface area contributed by atoms with Gasteiger partial charge in [-0.3, -0.25) is 4.79 Å². The quantitative estimate of drug-likeness (QED) is 0.777. The highest BCUT2D eigenvalue weighted by Crippen LogP contribution is 2.08. The van der Waals surface area contributed by atoms with Gasteiger partial charge in [-0.2, -0.15) is 0 Å². The third kappa shape index (κ3) is 3.41. The summed E-state index contributed by atoms with van der Waals surface area (Å²) in [6.45, 7) is 5.36. The Bertz CT molecular complexity index is 591. The molecule has 0 aliphatic heterocycles. The summed E-state index contributed by atoms with van der Waals surface area (Å²) < 4.78 is 0. The van der Waals surface area contributed by atoms with E-state index in [1.807, 2.05) is 18.2 Å². The normalized spacial score (nSPS) is 12.7. The lowest BCUT2D eigenvalue weighted by Crippen LogP contribution is -2.85. The molecule has 0 aliphatic carbocycles. The Balaban J connectivity index is 2.14. The summed E-state index contributed by atoms with van der Waals surface area (Å²) in [5.41, 5.74) is 0.726. The van der Waals surface area contributed by atoms with Gasteiger partial charge < -0.3 is 10.3 Å². The molecule has 1 atom stereocenters. The van der Waals surface area contributed by atoms with Crippen LogP contribution in [0.3, 0.4) is 0 Å². The summed E-state index contributed by atoms with van der Waals surface area (Å²) in [5.74, 6) is 0.764. The highest BCUT2D eigenvalue weighted by atomic mass is 16.1. The molecule has 2 aromatic rings. The molecule has 0 aliphatic rings. The lowest BCUT2D eigenvalue weighted by molar-refractivity contribution is -0.694. The number of aromatic nitrogens is 2. The van der Waals surface area contributed by atoms with Crippen LogP contribution in [0.1, 0.15) is 45.0 Å². The van der Waals surface area contributed by atoms with E-state index in [4.69, 9.17) is 0 Å². The van der Waals surface area contributed by atoms with Crippen LogP contribution in [0.4, 0.5) is 0 Å². The summed E-state index contributed by atoms with van der Waals surface area (Å²) in [5, 5.41) is 2.90. The van der Waals surface area contributed by atoms with Gasteiger partial charge in [0, 0.05) is 0 Å². The van der Waals surface area contributed by atoms with Gasteiger partial charge in [0.1, 0.15) is 6.04 Å². The number of nitrogens with one attached hydrogen (secondary N) is 1. The van der Waals surface area contributed by atoms with Crippen molar-refractivity contribution in [3.8, 4) is 0 Å². The minimum absolute atomic E-state index is 0.0468. The van der Waals surface area contributed by atoms with Crippen LogP contribution in [-0.2, 0) is 0 Å². The zero-order chi connectivity index (χ0) is 13.7. The number of fused-ring (bicyclic) bond motifs is 1. The average Bonchev–Trinajstić information content (AvgIpc) is 2.43. The second kappa shape index (κ2) is 6.48. The zero-order valence-corrected chi connectivity index (χ0v) is 11.6. The van der Waals surface area contributed by atoms with E-state index >= 15 is 0 Å². The highest BCUT2D eigenvalue weighted by molar-refractivity contribution is 5.77. The van der Waals surface area contributed by atoms with Crippen LogP contribution < -0.4 is 10.9 Å². The van der Waals surface area contributed by atoms with E-state index in [0.29, 0.717) is 5.39 Å². The molecule has 1 aromatic carbocycles. The van der Waals surface area contributed by atoms with Gasteiger partial charge >= 0.3 is 0 Å². The van der Waals surface area contributed by atoms with Crippen LogP contribution in [0.15, 0.2) is 29.1 Å². The molecule has 0 saturated heterocycles. The van der Waals surface area contributed by atoms with Crippen molar-refractivity contribution in [1.82, 2.24) is 9.97 Å². The largest absolute Gasteiger partial charge is 0.338 e. The molecule has 4 nitrogen and oxygen atoms in total. The third-order valence-corrected chi connectivity index (χ3v) is 3.39. The molecule has 0 fully saturated rings. The van der Waals surface area contributed by atoms with E-state index in [0.717, 1.165) is 17.9 Å². The number of hydrogen-bond donors (Lipinski definition) is 2. The SMILES string of the molecule is CCCCC[NH2+][C@@H](C)c1nc2ccccc2c(=O)[nH]1. The highest BCUT2D eigenvalue weighted by Gasteiger charge is 2.12. The maximum absolute atomic E-state index is 12.0. The summed E-state index contributed by atoms with van der Waals surface area (Å²) >= 11 is 0. The molecule has 0 bridgehead atoms. The fourth-order valence-corrected chi connectivity index (χ4v) is 2.19. The Morgan fingerprint density at radius 3 is 2.89 bits per heavy atom. The van der Waals surface area contributed by atoms with Gasteiger partial charge in [0.2, 0.25) is 0 Å². The number of para-hydroxylation sites is 1. The number of unbranched alkanes of at least 4 members (excludes halogenated alkanes) is 2. The number of nitrogens with zero attached hydrogens (tertiary/aromatic N) is 1. The Labute approximate surface area is 113 Å². The Kier molecular flexibility index (Phi) is 4.68. The van der Waals surface area contributed by atoms with Gasteiger partial charge in [-0.05, 0) is 31.9 Å². The first kappa shape index (κ1) is 13.7. The van der Waals surface area contributed by atoms with Gasteiger partial charge in [-0.25, -0.2) is 4.98 Å².